The van der Waals surface area contributed by atoms with Gasteiger partial charge in [0.05, 0.1) is 13.0 Å². The van der Waals surface area contributed by atoms with Crippen molar-refractivity contribution in [2.24, 2.45) is 0 Å². The van der Waals surface area contributed by atoms with Crippen LogP contribution < -0.4 is 9.42 Å². The number of rotatable bonds is 2. The molecule has 13 heteroatoms. The summed E-state index contributed by atoms with van der Waals surface area (Å²) in [6, 6.07) is 7.64. The summed E-state index contributed by atoms with van der Waals surface area (Å²) in [5, 5.41) is 0. The quantitative estimate of drug-likeness (QED) is 0.332. The number of carbonyl (C=O) groups is 1. The van der Waals surface area contributed by atoms with Gasteiger partial charge >= 0.3 is 74.0 Å². The molecule has 0 bridgehead atoms. The molecular weight excluding hydrogens is 605 g/mol. The maximum absolute atomic E-state index is 12.3. The van der Waals surface area contributed by atoms with Crippen LogP contribution in [0.1, 0.15) is 25.5 Å². The van der Waals surface area contributed by atoms with Gasteiger partial charge in [0.1, 0.15) is 6.61 Å². The zero-order valence-corrected chi connectivity index (χ0v) is 22.0. The first-order valence-corrected chi connectivity index (χ1v) is 27.6. The zero-order chi connectivity index (χ0) is 21.2. The van der Waals surface area contributed by atoms with Gasteiger partial charge in [-0.1, -0.05) is 23.7 Å². The molecule has 1 aliphatic heterocycles. The summed E-state index contributed by atoms with van der Waals surface area (Å²) in [7, 11) is 25.0. The topological polar surface area (TPSA) is 57.2 Å². The van der Waals surface area contributed by atoms with Crippen LogP contribution >= 0.6 is 53.0 Å². The molecule has 28 heavy (non-hydrogen) atoms. The van der Waals surface area contributed by atoms with Crippen LogP contribution in [0.5, 0.6) is 5.75 Å². The monoisotopic (exact) mass is 619 g/mol. The number of benzene rings is 1. The average Bonchev–Trinajstić information content (AvgIpc) is 2.82. The van der Waals surface area contributed by atoms with Crippen LogP contribution in [-0.4, -0.2) is 38.1 Å². The van der Waals surface area contributed by atoms with Crippen LogP contribution in [0.25, 0.3) is 5.69 Å². The fourth-order valence-corrected chi connectivity index (χ4v) is 2.49. The number of halogens is 6. The van der Waals surface area contributed by atoms with E-state index in [0.717, 1.165) is 17.3 Å². The Labute approximate surface area is 182 Å². The van der Waals surface area contributed by atoms with Gasteiger partial charge in [0, 0.05) is 6.42 Å². The van der Waals surface area contributed by atoms with E-state index in [1.807, 2.05) is 31.2 Å². The zero-order valence-electron chi connectivity index (χ0n) is 14.9. The standard InChI is InChI=1S/C15H18N3O3.6ClH.Sb/c1-3-13-16-14-9-10-21-12-8-6-5-7-11(12)17(14)18(13)15(19)20-4-2;;;;;;;/h5-8H,3-4,9-10H2,1-2H3;6*1H;/q+1;;;;;;;+5/p-6. The molecule has 0 saturated heterocycles. The second-order valence-electron chi connectivity index (χ2n) is 5.64. The second-order valence-corrected chi connectivity index (χ2v) is 62.5. The Morgan fingerprint density at radius 3 is 2.39 bits per heavy atom. The van der Waals surface area contributed by atoms with Crippen LogP contribution in [0.4, 0.5) is 4.79 Å². The van der Waals surface area contributed by atoms with Gasteiger partial charge in [-0.05, 0) is 24.0 Å². The van der Waals surface area contributed by atoms with Crippen molar-refractivity contribution in [3.05, 3.63) is 35.9 Å². The van der Waals surface area contributed by atoms with Gasteiger partial charge in [-0.2, -0.15) is 0 Å². The molecule has 0 fully saturated rings. The number of aryl methyl sites for hydroxylation is 1. The normalized spacial score (nSPS) is 15.4. The third-order valence-corrected chi connectivity index (χ3v) is 3.38. The summed E-state index contributed by atoms with van der Waals surface area (Å²) in [4.78, 5) is 16.9. The average molecular weight is 623 g/mol. The number of para-hydroxylation sites is 2. The van der Waals surface area contributed by atoms with E-state index in [1.54, 1.807) is 11.6 Å². The minimum atomic E-state index is -5.42. The SMILES string of the molecule is CCOC(=O)n1c(CC)nc2[n+]1-c1ccccc1OCC2.[Cl][Sb-]([Cl])([Cl])([Cl])([Cl])[Cl]. The predicted molar refractivity (Wildman–Crippen MR) is 116 cm³/mol. The number of nitrogens with zero attached hydrogens (tertiary/aromatic N) is 3. The number of ether oxygens (including phenoxy) is 2. The molecule has 0 amide bonds. The van der Waals surface area contributed by atoms with E-state index in [-0.39, 0.29) is 0 Å². The van der Waals surface area contributed by atoms with Crippen molar-refractivity contribution < 1.29 is 19.0 Å². The van der Waals surface area contributed by atoms with Crippen molar-refractivity contribution in [3.63, 3.8) is 0 Å². The fourth-order valence-electron chi connectivity index (χ4n) is 2.49. The van der Waals surface area contributed by atoms with Crippen LogP contribution in [0.15, 0.2) is 24.3 Å². The van der Waals surface area contributed by atoms with Gasteiger partial charge in [0.2, 0.25) is 0 Å². The van der Waals surface area contributed by atoms with Crippen LogP contribution in [0.3, 0.4) is 0 Å². The van der Waals surface area contributed by atoms with Crippen molar-refractivity contribution in [1.82, 2.24) is 9.67 Å². The number of fused-ring (bicyclic) bond motifs is 3. The molecular formula is C15H18Cl6N3O3Sb. The van der Waals surface area contributed by atoms with Crippen LogP contribution in [0.2, 0.25) is 0 Å². The van der Waals surface area contributed by atoms with E-state index < -0.39 is 15.2 Å². The van der Waals surface area contributed by atoms with E-state index >= 15 is 0 Å². The molecule has 3 rings (SSSR count). The Kier molecular flexibility index (Phi) is 7.31. The van der Waals surface area contributed by atoms with Gasteiger partial charge in [-0.25, -0.2) is 4.79 Å². The molecule has 0 unspecified atom stereocenters. The van der Waals surface area contributed by atoms with Crippen molar-refractivity contribution in [2.75, 3.05) is 13.2 Å². The van der Waals surface area contributed by atoms with Gasteiger partial charge in [0.15, 0.2) is 11.4 Å². The first-order chi connectivity index (χ1) is 12.7. The van der Waals surface area contributed by atoms with Crippen molar-refractivity contribution in [2.45, 2.75) is 26.7 Å². The molecule has 0 N–H and O–H groups in total. The molecule has 6 nitrogen and oxygen atoms in total. The van der Waals surface area contributed by atoms with E-state index in [2.05, 4.69) is 4.98 Å². The van der Waals surface area contributed by atoms with E-state index in [0.29, 0.717) is 31.9 Å². The summed E-state index contributed by atoms with van der Waals surface area (Å²) in [6.07, 6.45) is 0.889. The van der Waals surface area contributed by atoms with Crippen molar-refractivity contribution >= 4 is 68.2 Å². The van der Waals surface area contributed by atoms with Crippen LogP contribution in [0, 0.1) is 0 Å². The van der Waals surface area contributed by atoms with Gasteiger partial charge in [-0.15, -0.1) is 4.68 Å². The maximum atomic E-state index is 12.3. The Balaban J connectivity index is 0.000000345. The summed E-state index contributed by atoms with van der Waals surface area (Å²) in [6.45, 7) is 4.63. The summed E-state index contributed by atoms with van der Waals surface area (Å²) < 4.78 is 14.2. The summed E-state index contributed by atoms with van der Waals surface area (Å²) >= 11 is 0. The Bertz CT molecular complexity index is 872. The van der Waals surface area contributed by atoms with Gasteiger partial charge in [-0.3, -0.25) is 0 Å². The number of carbonyl (C=O) groups excluding carboxylic acids is 1. The third kappa shape index (κ3) is 7.79. The molecule has 1 aromatic carbocycles. The van der Waals surface area contributed by atoms with E-state index in [4.69, 9.17) is 62.4 Å². The molecule has 2 heterocycles. The number of aromatic nitrogens is 3. The molecule has 0 atom stereocenters. The first-order valence-electron chi connectivity index (χ1n) is 8.19. The Hall–Kier alpha value is 0.188. The first kappa shape index (κ1) is 24.5. The van der Waals surface area contributed by atoms with E-state index in [1.165, 1.54) is 4.68 Å². The molecule has 0 radical (unpaired) electrons. The minimum absolute atomic E-state index is 0.327. The number of hydrogen-bond donors (Lipinski definition) is 0. The van der Waals surface area contributed by atoms with Crippen LogP contribution in [-0.2, 0) is 17.6 Å². The molecule has 0 aliphatic carbocycles. The molecule has 0 saturated carbocycles. The summed E-state index contributed by atoms with van der Waals surface area (Å²) in [5.41, 5.74) is 0.810. The van der Waals surface area contributed by atoms with Crippen molar-refractivity contribution in [1.29, 1.82) is 0 Å². The fraction of sp³-hybridized carbons (Fsp3) is 0.400. The predicted octanol–water partition coefficient (Wildman–Crippen LogP) is 5.42. The van der Waals surface area contributed by atoms with E-state index in [9.17, 15) is 4.79 Å². The molecule has 2 aromatic rings. The number of hydrogen-bond acceptors (Lipinski definition) is 4. The summed E-state index contributed by atoms with van der Waals surface area (Å²) in [5.74, 6) is 2.25. The van der Waals surface area contributed by atoms with Crippen molar-refractivity contribution in [3.8, 4) is 11.4 Å². The Morgan fingerprint density at radius 2 is 1.82 bits per heavy atom. The third-order valence-electron chi connectivity index (χ3n) is 3.38. The second kappa shape index (κ2) is 8.37. The molecule has 0 spiro atoms. The molecule has 1 aromatic heterocycles. The Morgan fingerprint density at radius 1 is 1.21 bits per heavy atom. The van der Waals surface area contributed by atoms with Gasteiger partial charge in [0.25, 0.3) is 5.82 Å². The molecule has 158 valence electrons. The van der Waals surface area contributed by atoms with Gasteiger partial charge < -0.3 is 9.47 Å². The molecule has 1 aliphatic rings.